The van der Waals surface area contributed by atoms with Gasteiger partial charge in [0.1, 0.15) is 11.3 Å². The van der Waals surface area contributed by atoms with Crippen LogP contribution in [-0.4, -0.2) is 36.9 Å². The average molecular weight is 435 g/mol. The number of fused-ring (bicyclic) bond motifs is 1. The molecule has 3 aromatic rings. The van der Waals surface area contributed by atoms with E-state index in [0.717, 1.165) is 54.8 Å². The smallest absolute Gasteiger partial charge is 0.195 e. The molecule has 0 amide bonds. The third kappa shape index (κ3) is 5.33. The van der Waals surface area contributed by atoms with Gasteiger partial charge in [0.2, 0.25) is 0 Å². The quantitative estimate of drug-likeness (QED) is 0.469. The number of carbonyl (C=O) groups excluding carboxylic acids is 1. The van der Waals surface area contributed by atoms with Gasteiger partial charge >= 0.3 is 0 Å². The van der Waals surface area contributed by atoms with Crippen molar-refractivity contribution in [1.29, 1.82) is 0 Å². The summed E-state index contributed by atoms with van der Waals surface area (Å²) in [5.74, 6) is 1.69. The second-order valence-electron chi connectivity index (χ2n) is 10.0. The zero-order chi connectivity index (χ0) is 22.7. The largest absolute Gasteiger partial charge is 0.493 e. The minimum Gasteiger partial charge on any atom is -0.493 e. The van der Waals surface area contributed by atoms with E-state index in [-0.39, 0.29) is 5.78 Å². The summed E-state index contributed by atoms with van der Waals surface area (Å²) in [5, 5.41) is 0.978. The van der Waals surface area contributed by atoms with Crippen LogP contribution in [0.2, 0.25) is 0 Å². The fourth-order valence-electron chi connectivity index (χ4n) is 4.70. The number of nitrogen functional groups attached to an aromatic ring is 1. The van der Waals surface area contributed by atoms with Crippen LogP contribution >= 0.6 is 0 Å². The maximum Gasteiger partial charge on any atom is 0.195 e. The van der Waals surface area contributed by atoms with Crippen molar-refractivity contribution in [3.05, 3.63) is 59.7 Å². The number of anilines is 1. The van der Waals surface area contributed by atoms with E-state index < -0.39 is 0 Å². The first-order valence-corrected chi connectivity index (χ1v) is 11.6. The standard InChI is InChI=1S/C27H34N2O3/c1-27(2,3)18-29-14-11-19(12-15-29)25-22-17-20(9-10-24(22)32-26(25)28)23(30)13-16-31-21-7-5-4-6-8-21/h4-10,17,19H,11-16,18,28H2,1-3H3. The minimum absolute atomic E-state index is 0.0635. The number of benzene rings is 2. The van der Waals surface area contributed by atoms with Gasteiger partial charge in [-0.15, -0.1) is 0 Å². The summed E-state index contributed by atoms with van der Waals surface area (Å²) in [6.45, 7) is 10.4. The molecule has 1 aliphatic rings. The molecule has 0 radical (unpaired) electrons. The Morgan fingerprint density at radius 1 is 1.12 bits per heavy atom. The number of likely N-dealkylation sites (tertiary alicyclic amines) is 1. The lowest BCUT2D eigenvalue weighted by Crippen LogP contribution is -2.38. The predicted molar refractivity (Wildman–Crippen MR) is 129 cm³/mol. The second kappa shape index (κ2) is 9.37. The van der Waals surface area contributed by atoms with Crippen molar-refractivity contribution in [2.24, 2.45) is 5.41 Å². The Balaban J connectivity index is 1.45. The van der Waals surface area contributed by atoms with Crippen LogP contribution in [0.5, 0.6) is 5.75 Å². The van der Waals surface area contributed by atoms with Gasteiger partial charge in [-0.05, 0) is 67.6 Å². The lowest BCUT2D eigenvalue weighted by molar-refractivity contribution is 0.0962. The fraction of sp³-hybridized carbons (Fsp3) is 0.444. The minimum atomic E-state index is 0.0635. The molecule has 2 heterocycles. The van der Waals surface area contributed by atoms with Crippen molar-refractivity contribution in [2.45, 2.75) is 46.0 Å². The summed E-state index contributed by atoms with van der Waals surface area (Å²) in [5.41, 5.74) is 9.12. The number of carbonyl (C=O) groups is 1. The third-order valence-electron chi connectivity index (χ3n) is 6.11. The lowest BCUT2D eigenvalue weighted by atomic mass is 9.86. The van der Waals surface area contributed by atoms with Crippen LogP contribution in [0.3, 0.4) is 0 Å². The van der Waals surface area contributed by atoms with E-state index >= 15 is 0 Å². The molecule has 0 saturated carbocycles. The van der Waals surface area contributed by atoms with E-state index in [1.54, 1.807) is 0 Å². The number of hydrogen-bond acceptors (Lipinski definition) is 5. The van der Waals surface area contributed by atoms with Gasteiger partial charge < -0.3 is 19.8 Å². The van der Waals surface area contributed by atoms with E-state index in [1.165, 1.54) is 0 Å². The molecule has 170 valence electrons. The zero-order valence-corrected chi connectivity index (χ0v) is 19.4. The molecule has 0 spiro atoms. The molecule has 0 bridgehead atoms. The van der Waals surface area contributed by atoms with E-state index in [4.69, 9.17) is 14.9 Å². The Hall–Kier alpha value is -2.79. The van der Waals surface area contributed by atoms with Gasteiger partial charge in [0.25, 0.3) is 0 Å². The number of Topliss-reactive ketones (excluding diaryl/α,β-unsaturated/α-hetero) is 1. The number of para-hydroxylation sites is 1. The van der Waals surface area contributed by atoms with Gasteiger partial charge in [-0.2, -0.15) is 0 Å². The van der Waals surface area contributed by atoms with Crippen LogP contribution in [0.4, 0.5) is 5.88 Å². The van der Waals surface area contributed by atoms with Crippen LogP contribution in [0.1, 0.15) is 61.9 Å². The predicted octanol–water partition coefficient (Wildman–Crippen LogP) is 5.89. The second-order valence-corrected chi connectivity index (χ2v) is 10.0. The Morgan fingerprint density at radius 2 is 1.84 bits per heavy atom. The average Bonchev–Trinajstić information content (AvgIpc) is 3.09. The number of ether oxygens (including phenoxy) is 1. The number of piperidine rings is 1. The molecule has 2 aromatic carbocycles. The summed E-state index contributed by atoms with van der Waals surface area (Å²) < 4.78 is 11.6. The Bertz CT molecular complexity index is 1060. The van der Waals surface area contributed by atoms with Crippen molar-refractivity contribution in [3.8, 4) is 5.75 Å². The van der Waals surface area contributed by atoms with Crippen molar-refractivity contribution in [2.75, 3.05) is 32.0 Å². The first-order chi connectivity index (χ1) is 15.3. The Labute approximate surface area is 190 Å². The molecule has 1 fully saturated rings. The molecule has 5 heteroatoms. The fourth-order valence-corrected chi connectivity index (χ4v) is 4.70. The van der Waals surface area contributed by atoms with Crippen LogP contribution in [0.25, 0.3) is 11.0 Å². The third-order valence-corrected chi connectivity index (χ3v) is 6.11. The topological polar surface area (TPSA) is 68.7 Å². The zero-order valence-electron chi connectivity index (χ0n) is 19.4. The highest BCUT2D eigenvalue weighted by Gasteiger charge is 2.28. The van der Waals surface area contributed by atoms with Gasteiger partial charge in [0, 0.05) is 29.5 Å². The van der Waals surface area contributed by atoms with E-state index in [9.17, 15) is 4.79 Å². The van der Waals surface area contributed by atoms with Crippen molar-refractivity contribution in [1.82, 2.24) is 4.90 Å². The lowest BCUT2D eigenvalue weighted by Gasteiger charge is -2.36. The van der Waals surface area contributed by atoms with E-state index in [1.807, 2.05) is 48.5 Å². The maximum absolute atomic E-state index is 12.8. The van der Waals surface area contributed by atoms with Gasteiger partial charge in [-0.25, -0.2) is 0 Å². The molecule has 1 aromatic heterocycles. The highest BCUT2D eigenvalue weighted by Crippen LogP contribution is 2.39. The Kier molecular flexibility index (Phi) is 6.56. The van der Waals surface area contributed by atoms with Gasteiger partial charge in [-0.3, -0.25) is 4.79 Å². The van der Waals surface area contributed by atoms with E-state index in [2.05, 4.69) is 25.7 Å². The molecule has 32 heavy (non-hydrogen) atoms. The summed E-state index contributed by atoms with van der Waals surface area (Å²) in [6.07, 6.45) is 2.43. The highest BCUT2D eigenvalue weighted by molar-refractivity contribution is 6.00. The molecule has 4 rings (SSSR count). The number of nitrogens with zero attached hydrogens (tertiary/aromatic N) is 1. The van der Waals surface area contributed by atoms with E-state index in [0.29, 0.717) is 35.8 Å². The summed E-state index contributed by atoms with van der Waals surface area (Å²) in [6, 6.07) is 15.2. The van der Waals surface area contributed by atoms with Crippen LogP contribution in [-0.2, 0) is 0 Å². The molecule has 5 nitrogen and oxygen atoms in total. The Morgan fingerprint density at radius 3 is 2.53 bits per heavy atom. The van der Waals surface area contributed by atoms with Crippen molar-refractivity contribution < 1.29 is 13.9 Å². The monoisotopic (exact) mass is 434 g/mol. The maximum atomic E-state index is 12.8. The number of nitrogens with two attached hydrogens (primary N) is 1. The molecule has 1 saturated heterocycles. The molecule has 1 aliphatic heterocycles. The molecule has 0 atom stereocenters. The summed E-state index contributed by atoms with van der Waals surface area (Å²) in [7, 11) is 0. The first kappa shape index (κ1) is 22.4. The number of hydrogen-bond donors (Lipinski definition) is 1. The SMILES string of the molecule is CC(C)(C)CN1CCC(c2c(N)oc3ccc(C(=O)CCOc4ccccc4)cc23)CC1. The molecule has 0 aliphatic carbocycles. The van der Waals surface area contributed by atoms with Gasteiger partial charge in [0.05, 0.1) is 6.61 Å². The van der Waals surface area contributed by atoms with Gasteiger partial charge in [-0.1, -0.05) is 39.0 Å². The van der Waals surface area contributed by atoms with Crippen molar-refractivity contribution in [3.63, 3.8) is 0 Å². The number of ketones is 1. The molecule has 0 unspecified atom stereocenters. The highest BCUT2D eigenvalue weighted by atomic mass is 16.5. The van der Waals surface area contributed by atoms with Crippen LogP contribution in [0, 0.1) is 5.41 Å². The normalized spacial score (nSPS) is 15.8. The molecular weight excluding hydrogens is 400 g/mol. The number of rotatable bonds is 7. The van der Waals surface area contributed by atoms with Crippen LogP contribution in [0.15, 0.2) is 52.9 Å². The number of furan rings is 1. The summed E-state index contributed by atoms with van der Waals surface area (Å²) >= 11 is 0. The molecular formula is C27H34N2O3. The van der Waals surface area contributed by atoms with Crippen molar-refractivity contribution >= 4 is 22.6 Å². The van der Waals surface area contributed by atoms with Crippen LogP contribution < -0.4 is 10.5 Å². The summed E-state index contributed by atoms with van der Waals surface area (Å²) in [4.78, 5) is 15.3. The molecule has 2 N–H and O–H groups in total. The first-order valence-electron chi connectivity index (χ1n) is 11.6. The van der Waals surface area contributed by atoms with Gasteiger partial charge in [0.15, 0.2) is 11.7 Å².